The molecular formula is C18H17N3O2S. The van der Waals surface area contributed by atoms with E-state index in [1.54, 1.807) is 11.3 Å². The number of esters is 1. The molecule has 6 heteroatoms. The quantitative estimate of drug-likeness (QED) is 0.734. The first kappa shape index (κ1) is 15.0. The third-order valence-electron chi connectivity index (χ3n) is 4.19. The molecule has 1 N–H and O–H groups in total. The molecule has 5 nitrogen and oxygen atoms in total. The largest absolute Gasteiger partial charge is 0.463 e. The van der Waals surface area contributed by atoms with Crippen LogP contribution < -0.4 is 5.32 Å². The number of nitrogens with zero attached hydrogens (tertiary/aromatic N) is 2. The zero-order valence-corrected chi connectivity index (χ0v) is 14.3. The van der Waals surface area contributed by atoms with Crippen molar-refractivity contribution in [3.8, 4) is 0 Å². The number of imidazole rings is 1. The lowest BCUT2D eigenvalue weighted by Gasteiger charge is -2.29. The lowest BCUT2D eigenvalue weighted by atomic mass is 9.97. The van der Waals surface area contributed by atoms with Gasteiger partial charge in [0.05, 0.1) is 29.3 Å². The fourth-order valence-corrected chi connectivity index (χ4v) is 3.86. The summed E-state index contributed by atoms with van der Waals surface area (Å²) in [6.45, 7) is 4.07. The number of benzene rings is 1. The summed E-state index contributed by atoms with van der Waals surface area (Å²) in [5.41, 5.74) is 4.37. The van der Waals surface area contributed by atoms with Gasteiger partial charge in [0.2, 0.25) is 5.95 Å². The molecule has 0 fully saturated rings. The Labute approximate surface area is 143 Å². The van der Waals surface area contributed by atoms with Crippen molar-refractivity contribution in [2.45, 2.75) is 19.9 Å². The number of carbonyl (C=O) groups is 1. The number of hydrogen-bond acceptors (Lipinski definition) is 5. The maximum absolute atomic E-state index is 12.6. The van der Waals surface area contributed by atoms with Crippen LogP contribution in [0.4, 0.5) is 5.95 Å². The van der Waals surface area contributed by atoms with E-state index in [9.17, 15) is 4.79 Å². The van der Waals surface area contributed by atoms with Gasteiger partial charge in [-0.15, -0.1) is 0 Å². The fraction of sp³-hybridized carbons (Fsp3) is 0.222. The van der Waals surface area contributed by atoms with Crippen LogP contribution in [0.3, 0.4) is 0 Å². The lowest BCUT2D eigenvalue weighted by molar-refractivity contribution is -0.139. The van der Waals surface area contributed by atoms with Crippen LogP contribution in [0.5, 0.6) is 0 Å². The highest BCUT2D eigenvalue weighted by Gasteiger charge is 2.34. The van der Waals surface area contributed by atoms with Crippen LogP contribution in [0.25, 0.3) is 11.0 Å². The summed E-state index contributed by atoms with van der Waals surface area (Å²) < 4.78 is 7.40. The maximum Gasteiger partial charge on any atom is 0.338 e. The van der Waals surface area contributed by atoms with Gasteiger partial charge in [-0.1, -0.05) is 12.1 Å². The summed E-state index contributed by atoms with van der Waals surface area (Å²) in [5, 5.41) is 7.36. The normalized spacial score (nSPS) is 16.8. The van der Waals surface area contributed by atoms with Gasteiger partial charge in [-0.05, 0) is 48.4 Å². The number of carbonyl (C=O) groups excluding carboxylic acids is 1. The predicted octanol–water partition coefficient (Wildman–Crippen LogP) is 3.95. The first-order chi connectivity index (χ1) is 11.7. The molecule has 24 heavy (non-hydrogen) atoms. The summed E-state index contributed by atoms with van der Waals surface area (Å²) in [5.74, 6) is 0.458. The van der Waals surface area contributed by atoms with Gasteiger partial charge < -0.3 is 10.1 Å². The van der Waals surface area contributed by atoms with Gasteiger partial charge in [0.1, 0.15) is 0 Å². The van der Waals surface area contributed by atoms with Crippen molar-refractivity contribution >= 4 is 34.3 Å². The Kier molecular flexibility index (Phi) is 3.61. The highest BCUT2D eigenvalue weighted by atomic mass is 32.1. The monoisotopic (exact) mass is 339 g/mol. The number of rotatable bonds is 3. The first-order valence-electron chi connectivity index (χ1n) is 7.84. The molecule has 1 aliphatic rings. The Balaban J connectivity index is 1.97. The molecule has 1 atom stereocenters. The van der Waals surface area contributed by atoms with Crippen molar-refractivity contribution in [2.24, 2.45) is 0 Å². The zero-order valence-electron chi connectivity index (χ0n) is 13.4. The van der Waals surface area contributed by atoms with Crippen LogP contribution >= 0.6 is 11.3 Å². The number of para-hydroxylation sites is 2. The molecule has 0 radical (unpaired) electrons. The number of fused-ring (bicyclic) bond motifs is 3. The number of allylic oxidation sites excluding steroid dienone is 1. The molecule has 1 unspecified atom stereocenters. The molecule has 0 aliphatic carbocycles. The number of hydrogen-bond donors (Lipinski definition) is 1. The van der Waals surface area contributed by atoms with Gasteiger partial charge in [-0.25, -0.2) is 9.78 Å². The number of nitrogens with one attached hydrogen (secondary N) is 1. The molecule has 0 spiro atoms. The highest BCUT2D eigenvalue weighted by Crippen LogP contribution is 2.39. The molecule has 122 valence electrons. The van der Waals surface area contributed by atoms with E-state index in [-0.39, 0.29) is 12.0 Å². The standard InChI is InChI=1S/C18H17N3O2S/c1-3-23-17(22)15-11(2)19-18-20-13-6-4-5-7-14(13)21(18)16(15)12-8-9-24-10-12/h4-10,16H,3H2,1-2H3,(H,19,20). The van der Waals surface area contributed by atoms with E-state index < -0.39 is 0 Å². The van der Waals surface area contributed by atoms with Gasteiger partial charge in [-0.3, -0.25) is 4.57 Å². The van der Waals surface area contributed by atoms with Gasteiger partial charge in [0.25, 0.3) is 0 Å². The minimum Gasteiger partial charge on any atom is -0.463 e. The van der Waals surface area contributed by atoms with E-state index in [4.69, 9.17) is 4.74 Å². The zero-order chi connectivity index (χ0) is 16.7. The molecule has 1 aromatic carbocycles. The summed E-state index contributed by atoms with van der Waals surface area (Å²) in [4.78, 5) is 17.3. The van der Waals surface area contributed by atoms with E-state index in [0.717, 1.165) is 28.2 Å². The second kappa shape index (κ2) is 5.79. The molecule has 0 saturated carbocycles. The third-order valence-corrected chi connectivity index (χ3v) is 4.89. The predicted molar refractivity (Wildman–Crippen MR) is 95.1 cm³/mol. The molecule has 0 amide bonds. The minimum atomic E-state index is -0.290. The van der Waals surface area contributed by atoms with Crippen LogP contribution in [0.2, 0.25) is 0 Å². The smallest absolute Gasteiger partial charge is 0.338 e. The number of ether oxygens (including phenoxy) is 1. The molecule has 4 rings (SSSR count). The van der Waals surface area contributed by atoms with E-state index >= 15 is 0 Å². The van der Waals surface area contributed by atoms with Crippen LogP contribution in [0.1, 0.15) is 25.5 Å². The molecular weight excluding hydrogens is 322 g/mol. The molecule has 0 saturated heterocycles. The third kappa shape index (κ3) is 2.22. The van der Waals surface area contributed by atoms with Gasteiger partial charge in [0.15, 0.2) is 0 Å². The summed E-state index contributed by atoms with van der Waals surface area (Å²) >= 11 is 1.62. The lowest BCUT2D eigenvalue weighted by Crippen LogP contribution is -2.28. The average Bonchev–Trinajstić information content (AvgIpc) is 3.21. The van der Waals surface area contributed by atoms with Gasteiger partial charge >= 0.3 is 5.97 Å². The molecule has 3 aromatic rings. The van der Waals surface area contributed by atoms with Crippen LogP contribution in [0.15, 0.2) is 52.4 Å². The Morgan fingerprint density at radius 1 is 1.38 bits per heavy atom. The van der Waals surface area contributed by atoms with Crippen molar-refractivity contribution in [3.63, 3.8) is 0 Å². The SMILES string of the molecule is CCOC(=O)C1=C(C)Nc2nc3ccccc3n2C1c1ccsc1. The van der Waals surface area contributed by atoms with Crippen molar-refractivity contribution in [3.05, 3.63) is 57.9 Å². The topological polar surface area (TPSA) is 56.1 Å². The Hall–Kier alpha value is -2.60. The summed E-state index contributed by atoms with van der Waals surface area (Å²) in [6.07, 6.45) is 0. The van der Waals surface area contributed by atoms with Crippen LogP contribution in [0, 0.1) is 0 Å². The average molecular weight is 339 g/mol. The molecule has 0 bridgehead atoms. The second-order valence-electron chi connectivity index (χ2n) is 5.64. The van der Waals surface area contributed by atoms with Crippen LogP contribution in [-0.4, -0.2) is 22.1 Å². The van der Waals surface area contributed by atoms with E-state index in [0.29, 0.717) is 12.2 Å². The van der Waals surface area contributed by atoms with Crippen molar-refractivity contribution in [2.75, 3.05) is 11.9 Å². The highest BCUT2D eigenvalue weighted by molar-refractivity contribution is 7.08. The number of thiophene rings is 1. The second-order valence-corrected chi connectivity index (χ2v) is 6.42. The Morgan fingerprint density at radius 3 is 2.96 bits per heavy atom. The molecule has 2 aromatic heterocycles. The van der Waals surface area contributed by atoms with E-state index in [1.807, 2.05) is 49.6 Å². The van der Waals surface area contributed by atoms with Crippen molar-refractivity contribution in [1.82, 2.24) is 9.55 Å². The van der Waals surface area contributed by atoms with E-state index in [2.05, 4.69) is 20.2 Å². The van der Waals surface area contributed by atoms with Gasteiger partial charge in [0, 0.05) is 5.70 Å². The molecule has 1 aliphatic heterocycles. The fourth-order valence-electron chi connectivity index (χ4n) is 3.18. The van der Waals surface area contributed by atoms with Crippen molar-refractivity contribution in [1.29, 1.82) is 0 Å². The van der Waals surface area contributed by atoms with E-state index in [1.165, 1.54) is 0 Å². The first-order valence-corrected chi connectivity index (χ1v) is 8.79. The maximum atomic E-state index is 12.6. The summed E-state index contributed by atoms with van der Waals surface area (Å²) in [7, 11) is 0. The number of aromatic nitrogens is 2. The summed E-state index contributed by atoms with van der Waals surface area (Å²) in [6, 6.07) is 9.76. The van der Waals surface area contributed by atoms with Crippen LogP contribution in [-0.2, 0) is 9.53 Å². The number of anilines is 1. The van der Waals surface area contributed by atoms with Crippen molar-refractivity contribution < 1.29 is 9.53 Å². The minimum absolute atomic E-state index is 0.237. The molecule has 3 heterocycles. The van der Waals surface area contributed by atoms with Gasteiger partial charge in [-0.2, -0.15) is 11.3 Å². The Morgan fingerprint density at radius 2 is 2.21 bits per heavy atom. The Bertz CT molecular complexity index is 940.